The van der Waals surface area contributed by atoms with Gasteiger partial charge in [-0.05, 0) is 25.0 Å². The molecule has 29 heavy (non-hydrogen) atoms. The summed E-state index contributed by atoms with van der Waals surface area (Å²) in [5, 5.41) is 2.90. The fraction of sp³-hybridized carbons (Fsp3) is 0.261. The molecular formula is C23H25N3O3. The molecular weight excluding hydrogens is 366 g/mol. The molecule has 0 atom stereocenters. The molecule has 1 aromatic heterocycles. The van der Waals surface area contributed by atoms with E-state index in [1.54, 1.807) is 13.2 Å². The highest BCUT2D eigenvalue weighted by Crippen LogP contribution is 2.21. The lowest BCUT2D eigenvalue weighted by Crippen LogP contribution is -2.35. The minimum absolute atomic E-state index is 0.00649. The Morgan fingerprint density at radius 2 is 1.72 bits per heavy atom. The Balaban J connectivity index is 1.50. The zero-order chi connectivity index (χ0) is 20.8. The van der Waals surface area contributed by atoms with Crippen LogP contribution >= 0.6 is 0 Å². The number of aryl methyl sites for hydroxylation is 3. The van der Waals surface area contributed by atoms with Gasteiger partial charge in [-0.3, -0.25) is 9.59 Å². The fourth-order valence-corrected chi connectivity index (χ4v) is 3.06. The molecule has 150 valence electrons. The largest absolute Gasteiger partial charge is 0.441 e. The van der Waals surface area contributed by atoms with E-state index in [0.29, 0.717) is 18.1 Å². The smallest absolute Gasteiger partial charge is 0.243 e. The van der Waals surface area contributed by atoms with Gasteiger partial charge in [-0.15, -0.1) is 0 Å². The van der Waals surface area contributed by atoms with E-state index in [2.05, 4.69) is 10.3 Å². The van der Waals surface area contributed by atoms with Crippen molar-refractivity contribution in [2.75, 3.05) is 18.9 Å². The zero-order valence-corrected chi connectivity index (χ0v) is 16.9. The number of nitrogens with zero attached hydrogens (tertiary/aromatic N) is 2. The Morgan fingerprint density at radius 3 is 2.41 bits per heavy atom. The number of para-hydroxylation sites is 1. The normalized spacial score (nSPS) is 10.6. The highest BCUT2D eigenvalue weighted by atomic mass is 16.4. The van der Waals surface area contributed by atoms with Crippen molar-refractivity contribution in [3.63, 3.8) is 0 Å². The van der Waals surface area contributed by atoms with E-state index >= 15 is 0 Å². The molecule has 0 unspecified atom stereocenters. The molecule has 2 amide bonds. The minimum Gasteiger partial charge on any atom is -0.441 e. The molecule has 0 bridgehead atoms. The summed E-state index contributed by atoms with van der Waals surface area (Å²) in [5.74, 6) is 0.821. The van der Waals surface area contributed by atoms with Gasteiger partial charge in [0.15, 0.2) is 11.7 Å². The van der Waals surface area contributed by atoms with Crippen molar-refractivity contribution >= 4 is 17.5 Å². The van der Waals surface area contributed by atoms with E-state index < -0.39 is 0 Å². The quantitative estimate of drug-likeness (QED) is 0.661. The lowest BCUT2D eigenvalue weighted by atomic mass is 10.1. The molecule has 3 aromatic rings. The maximum absolute atomic E-state index is 12.4. The maximum atomic E-state index is 12.4. The molecule has 2 aromatic carbocycles. The molecule has 0 fully saturated rings. The molecule has 0 radical (unpaired) electrons. The van der Waals surface area contributed by atoms with Crippen LogP contribution in [-0.2, 0) is 16.0 Å². The second-order valence-corrected chi connectivity index (χ2v) is 7.05. The maximum Gasteiger partial charge on any atom is 0.243 e. The van der Waals surface area contributed by atoms with Gasteiger partial charge in [0.05, 0.1) is 12.7 Å². The van der Waals surface area contributed by atoms with Gasteiger partial charge in [0.2, 0.25) is 11.8 Å². The van der Waals surface area contributed by atoms with Crippen molar-refractivity contribution in [1.29, 1.82) is 0 Å². The van der Waals surface area contributed by atoms with E-state index in [1.807, 2.05) is 62.4 Å². The summed E-state index contributed by atoms with van der Waals surface area (Å²) in [6.45, 7) is 3.88. The number of rotatable bonds is 7. The molecule has 0 saturated carbocycles. The van der Waals surface area contributed by atoms with Crippen LogP contribution in [0.15, 0.2) is 59.1 Å². The van der Waals surface area contributed by atoms with Crippen molar-refractivity contribution in [2.45, 2.75) is 26.7 Å². The summed E-state index contributed by atoms with van der Waals surface area (Å²) in [6, 6.07) is 15.5. The monoisotopic (exact) mass is 391 g/mol. The summed E-state index contributed by atoms with van der Waals surface area (Å²) in [5.41, 5.74) is 3.72. The average Bonchev–Trinajstić information content (AvgIpc) is 3.19. The third kappa shape index (κ3) is 5.31. The minimum atomic E-state index is -0.222. The molecule has 6 heteroatoms. The standard InChI is InChI=1S/C23H25N3O3/c1-16-8-7-9-17(2)23(16)25-20(27)15-26(3)22(28)13-12-21-24-14-19(29-21)18-10-5-4-6-11-18/h4-11,14H,12-13,15H2,1-3H3,(H,25,27). The number of oxazole rings is 1. The number of nitrogens with one attached hydrogen (secondary N) is 1. The fourth-order valence-electron chi connectivity index (χ4n) is 3.06. The van der Waals surface area contributed by atoms with Crippen LogP contribution in [0.3, 0.4) is 0 Å². The van der Waals surface area contributed by atoms with E-state index in [9.17, 15) is 9.59 Å². The average molecular weight is 391 g/mol. The lowest BCUT2D eigenvalue weighted by Gasteiger charge is -2.18. The zero-order valence-electron chi connectivity index (χ0n) is 16.9. The molecule has 0 spiro atoms. The summed E-state index contributed by atoms with van der Waals surface area (Å²) in [7, 11) is 1.62. The van der Waals surface area contributed by atoms with Crippen molar-refractivity contribution in [3.05, 3.63) is 71.7 Å². The van der Waals surface area contributed by atoms with Crippen LogP contribution < -0.4 is 5.32 Å². The number of anilines is 1. The molecule has 0 aliphatic heterocycles. The first-order valence-electron chi connectivity index (χ1n) is 9.54. The number of hydrogen-bond donors (Lipinski definition) is 1. The third-order valence-electron chi connectivity index (χ3n) is 4.72. The van der Waals surface area contributed by atoms with Crippen molar-refractivity contribution in [2.24, 2.45) is 0 Å². The van der Waals surface area contributed by atoms with Gasteiger partial charge < -0.3 is 14.6 Å². The van der Waals surface area contributed by atoms with Gasteiger partial charge in [0.25, 0.3) is 0 Å². The lowest BCUT2D eigenvalue weighted by molar-refractivity contribution is -0.133. The predicted octanol–water partition coefficient (Wildman–Crippen LogP) is 3.99. The summed E-state index contributed by atoms with van der Waals surface area (Å²) < 4.78 is 5.73. The predicted molar refractivity (Wildman–Crippen MR) is 112 cm³/mol. The molecule has 3 rings (SSSR count). The first-order chi connectivity index (χ1) is 13.9. The van der Waals surface area contributed by atoms with Crippen molar-refractivity contribution in [3.8, 4) is 11.3 Å². The number of carbonyl (C=O) groups excluding carboxylic acids is 2. The molecule has 0 aliphatic carbocycles. The Kier molecular flexibility index (Phi) is 6.44. The molecule has 0 aliphatic rings. The Morgan fingerprint density at radius 1 is 1.03 bits per heavy atom. The number of hydrogen-bond acceptors (Lipinski definition) is 4. The van der Waals surface area contributed by atoms with Crippen LogP contribution in [0.1, 0.15) is 23.4 Å². The van der Waals surface area contributed by atoms with E-state index in [4.69, 9.17) is 4.42 Å². The van der Waals surface area contributed by atoms with Crippen LogP contribution in [0.2, 0.25) is 0 Å². The first kappa shape index (κ1) is 20.3. The number of benzene rings is 2. The molecule has 1 N–H and O–H groups in total. The second kappa shape index (κ2) is 9.19. The Hall–Kier alpha value is -3.41. The van der Waals surface area contributed by atoms with Gasteiger partial charge in [-0.1, -0.05) is 48.5 Å². The number of carbonyl (C=O) groups is 2. The van der Waals surface area contributed by atoms with Gasteiger partial charge in [0.1, 0.15) is 0 Å². The highest BCUT2D eigenvalue weighted by Gasteiger charge is 2.16. The Labute approximate surface area is 170 Å². The van der Waals surface area contributed by atoms with Gasteiger partial charge in [0, 0.05) is 31.1 Å². The van der Waals surface area contributed by atoms with Gasteiger partial charge in [-0.2, -0.15) is 0 Å². The number of aromatic nitrogens is 1. The summed E-state index contributed by atoms with van der Waals surface area (Å²) in [6.07, 6.45) is 2.27. The van der Waals surface area contributed by atoms with Crippen LogP contribution in [0.4, 0.5) is 5.69 Å². The molecule has 1 heterocycles. The number of likely N-dealkylation sites (N-methyl/N-ethyl adjacent to an activating group) is 1. The number of amides is 2. The Bertz CT molecular complexity index is 975. The third-order valence-corrected chi connectivity index (χ3v) is 4.72. The van der Waals surface area contributed by atoms with Gasteiger partial charge in [-0.25, -0.2) is 4.98 Å². The van der Waals surface area contributed by atoms with E-state index in [1.165, 1.54) is 4.90 Å². The van der Waals surface area contributed by atoms with Crippen LogP contribution in [-0.4, -0.2) is 35.3 Å². The molecule has 6 nitrogen and oxygen atoms in total. The van der Waals surface area contributed by atoms with Gasteiger partial charge >= 0.3 is 0 Å². The highest BCUT2D eigenvalue weighted by molar-refractivity contribution is 5.95. The van der Waals surface area contributed by atoms with Crippen LogP contribution in [0.25, 0.3) is 11.3 Å². The SMILES string of the molecule is Cc1cccc(C)c1NC(=O)CN(C)C(=O)CCc1ncc(-c2ccccc2)o1. The summed E-state index contributed by atoms with van der Waals surface area (Å²) >= 11 is 0. The van der Waals surface area contributed by atoms with Crippen LogP contribution in [0, 0.1) is 13.8 Å². The van der Waals surface area contributed by atoms with Crippen molar-refractivity contribution in [1.82, 2.24) is 9.88 Å². The van der Waals surface area contributed by atoms with Crippen LogP contribution in [0.5, 0.6) is 0 Å². The second-order valence-electron chi connectivity index (χ2n) is 7.05. The topological polar surface area (TPSA) is 75.4 Å². The van der Waals surface area contributed by atoms with E-state index in [-0.39, 0.29) is 24.8 Å². The summed E-state index contributed by atoms with van der Waals surface area (Å²) in [4.78, 5) is 30.4. The van der Waals surface area contributed by atoms with Crippen molar-refractivity contribution < 1.29 is 14.0 Å². The van der Waals surface area contributed by atoms with E-state index in [0.717, 1.165) is 22.4 Å². The first-order valence-corrected chi connectivity index (χ1v) is 9.54. The molecule has 0 saturated heterocycles.